The van der Waals surface area contributed by atoms with Crippen LogP contribution in [0, 0.1) is 5.82 Å². The molecule has 2 aliphatic heterocycles. The van der Waals surface area contributed by atoms with Crippen LogP contribution in [0.5, 0.6) is 5.75 Å². The van der Waals surface area contributed by atoms with Gasteiger partial charge < -0.3 is 19.3 Å². The molecule has 1 saturated heterocycles. The van der Waals surface area contributed by atoms with Crippen molar-refractivity contribution in [3.63, 3.8) is 0 Å². The number of halogens is 1. The van der Waals surface area contributed by atoms with E-state index in [9.17, 15) is 14.0 Å². The first-order chi connectivity index (χ1) is 18.9. The van der Waals surface area contributed by atoms with Gasteiger partial charge in [0.2, 0.25) is 5.91 Å². The molecule has 0 unspecified atom stereocenters. The van der Waals surface area contributed by atoms with Crippen LogP contribution in [-0.2, 0) is 16.0 Å². The van der Waals surface area contributed by atoms with Crippen molar-refractivity contribution in [1.29, 1.82) is 0 Å². The van der Waals surface area contributed by atoms with Crippen molar-refractivity contribution in [2.45, 2.75) is 51.2 Å². The second-order valence-corrected chi connectivity index (χ2v) is 11.5. The number of ether oxygens (including phenoxy) is 2. The van der Waals surface area contributed by atoms with Crippen molar-refractivity contribution in [2.75, 3.05) is 32.8 Å². The van der Waals surface area contributed by atoms with Gasteiger partial charge in [0.05, 0.1) is 12.1 Å². The van der Waals surface area contributed by atoms with Crippen molar-refractivity contribution >= 4 is 23.2 Å². The fourth-order valence-corrected chi connectivity index (χ4v) is 6.21. The van der Waals surface area contributed by atoms with Gasteiger partial charge in [0.25, 0.3) is 5.91 Å². The van der Waals surface area contributed by atoms with Crippen LogP contribution in [0.2, 0.25) is 0 Å². The Morgan fingerprint density at radius 3 is 2.59 bits per heavy atom. The Bertz CT molecular complexity index is 1270. The summed E-state index contributed by atoms with van der Waals surface area (Å²) in [4.78, 5) is 31.9. The molecule has 1 aromatic heterocycles. The van der Waals surface area contributed by atoms with Crippen LogP contribution in [-0.4, -0.2) is 60.6 Å². The zero-order valence-corrected chi connectivity index (χ0v) is 23.3. The summed E-state index contributed by atoms with van der Waals surface area (Å²) in [5.74, 6) is 0.360. The van der Waals surface area contributed by atoms with Gasteiger partial charge in [0.1, 0.15) is 24.7 Å². The Morgan fingerprint density at radius 1 is 1.13 bits per heavy atom. The molecule has 39 heavy (non-hydrogen) atoms. The topological polar surface area (TPSA) is 59.1 Å². The van der Waals surface area contributed by atoms with Gasteiger partial charge in [-0.15, -0.1) is 11.3 Å². The smallest absolute Gasteiger partial charge is 0.254 e. The number of carbonyl (C=O) groups excluding carboxylic acids is 2. The zero-order valence-electron chi connectivity index (χ0n) is 22.5. The summed E-state index contributed by atoms with van der Waals surface area (Å²) in [5, 5.41) is 2.06. The van der Waals surface area contributed by atoms with E-state index >= 15 is 0 Å². The number of nitrogens with zero attached hydrogens (tertiary/aromatic N) is 2. The predicted molar refractivity (Wildman–Crippen MR) is 150 cm³/mol. The van der Waals surface area contributed by atoms with Crippen molar-refractivity contribution in [3.8, 4) is 5.75 Å². The first-order valence-corrected chi connectivity index (χ1v) is 14.5. The third-order valence-electron chi connectivity index (χ3n) is 7.52. The minimum Gasteiger partial charge on any atom is -0.491 e. The highest BCUT2D eigenvalue weighted by Gasteiger charge is 2.34. The van der Waals surface area contributed by atoms with E-state index in [4.69, 9.17) is 9.47 Å². The number of rotatable bonds is 9. The minimum atomic E-state index is -0.408. The van der Waals surface area contributed by atoms with Gasteiger partial charge in [0, 0.05) is 30.1 Å². The standard InChI is InChI=1S/C31H35FN2O4S/c1-21(2)22-7-11-25(12-8-22)38-20-28-27-14-17-39-29(27)13-15-34(28)30(35)19-33(18-26-4-3-16-37-26)31(36)23-5-9-24(32)10-6-23/h5-12,14,17,21,26,28H,3-4,13,15-16,18-20H2,1-2H3/t26-,28+/m1/s1. The Kier molecular flexibility index (Phi) is 8.63. The van der Waals surface area contributed by atoms with Crippen LogP contribution >= 0.6 is 11.3 Å². The van der Waals surface area contributed by atoms with Gasteiger partial charge in [-0.25, -0.2) is 4.39 Å². The first kappa shape index (κ1) is 27.3. The van der Waals surface area contributed by atoms with Crippen molar-refractivity contribution in [2.24, 2.45) is 0 Å². The lowest BCUT2D eigenvalue weighted by Gasteiger charge is -2.37. The van der Waals surface area contributed by atoms with Gasteiger partial charge in [-0.3, -0.25) is 9.59 Å². The van der Waals surface area contributed by atoms with Crippen LogP contribution in [0.25, 0.3) is 0 Å². The normalized spacial score (nSPS) is 18.7. The third-order valence-corrected chi connectivity index (χ3v) is 8.52. The SMILES string of the molecule is CC(C)c1ccc(OC[C@H]2c3ccsc3CCN2C(=O)CN(C[C@H]2CCCO2)C(=O)c2ccc(F)cc2)cc1. The third kappa shape index (κ3) is 6.50. The van der Waals surface area contributed by atoms with Crippen LogP contribution in [0.15, 0.2) is 60.0 Å². The number of amides is 2. The van der Waals surface area contributed by atoms with Crippen LogP contribution < -0.4 is 4.74 Å². The van der Waals surface area contributed by atoms with Crippen molar-refractivity contribution in [3.05, 3.63) is 87.4 Å². The summed E-state index contributed by atoms with van der Waals surface area (Å²) >= 11 is 1.70. The number of benzene rings is 2. The van der Waals surface area contributed by atoms with Gasteiger partial charge in [-0.05, 0) is 84.2 Å². The maximum absolute atomic E-state index is 13.8. The lowest BCUT2D eigenvalue weighted by Crippen LogP contribution is -2.49. The average molecular weight is 551 g/mol. The molecule has 3 aromatic rings. The van der Waals surface area contributed by atoms with E-state index in [2.05, 4.69) is 37.4 Å². The molecule has 0 saturated carbocycles. The monoisotopic (exact) mass is 550 g/mol. The first-order valence-electron chi connectivity index (χ1n) is 13.6. The molecular weight excluding hydrogens is 515 g/mol. The molecule has 206 valence electrons. The number of carbonyl (C=O) groups is 2. The largest absolute Gasteiger partial charge is 0.491 e. The van der Waals surface area contributed by atoms with Crippen molar-refractivity contribution < 1.29 is 23.5 Å². The second kappa shape index (κ2) is 12.3. The molecule has 0 bridgehead atoms. The van der Waals surface area contributed by atoms with E-state index in [0.29, 0.717) is 37.8 Å². The van der Waals surface area contributed by atoms with E-state index in [1.807, 2.05) is 17.0 Å². The molecule has 0 aliphatic carbocycles. The zero-order chi connectivity index (χ0) is 27.4. The molecule has 2 aromatic carbocycles. The molecule has 0 N–H and O–H groups in total. The molecule has 2 aliphatic rings. The van der Waals surface area contributed by atoms with E-state index in [0.717, 1.165) is 30.6 Å². The Hall–Kier alpha value is -3.23. The number of hydrogen-bond donors (Lipinski definition) is 0. The maximum atomic E-state index is 13.8. The number of hydrogen-bond acceptors (Lipinski definition) is 5. The molecule has 0 radical (unpaired) electrons. The number of thiophene rings is 1. The van der Waals surface area contributed by atoms with Gasteiger partial charge in [-0.2, -0.15) is 0 Å². The molecule has 5 rings (SSSR count). The fourth-order valence-electron chi connectivity index (χ4n) is 5.28. The molecule has 6 nitrogen and oxygen atoms in total. The second-order valence-electron chi connectivity index (χ2n) is 10.5. The van der Waals surface area contributed by atoms with Crippen LogP contribution in [0.4, 0.5) is 4.39 Å². The van der Waals surface area contributed by atoms with Gasteiger partial charge >= 0.3 is 0 Å². The van der Waals surface area contributed by atoms with Gasteiger partial charge in [0.15, 0.2) is 0 Å². The Balaban J connectivity index is 1.33. The molecule has 0 spiro atoms. The lowest BCUT2D eigenvalue weighted by molar-refractivity contribution is -0.135. The summed E-state index contributed by atoms with van der Waals surface area (Å²) in [6.45, 7) is 6.10. The van der Waals surface area contributed by atoms with E-state index in [-0.39, 0.29) is 30.5 Å². The van der Waals surface area contributed by atoms with Crippen molar-refractivity contribution in [1.82, 2.24) is 9.80 Å². The number of fused-ring (bicyclic) bond motifs is 1. The van der Waals surface area contributed by atoms with Gasteiger partial charge in [-0.1, -0.05) is 26.0 Å². The molecule has 1 fully saturated rings. The predicted octanol–water partition coefficient (Wildman–Crippen LogP) is 5.84. The Labute approximate surface area is 233 Å². The molecular formula is C31H35FN2O4S. The highest BCUT2D eigenvalue weighted by Crippen LogP contribution is 2.34. The molecule has 2 atom stereocenters. The molecule has 3 heterocycles. The summed E-state index contributed by atoms with van der Waals surface area (Å²) in [6.07, 6.45) is 2.44. The Morgan fingerprint density at radius 2 is 1.90 bits per heavy atom. The van der Waals surface area contributed by atoms with Crippen LogP contribution in [0.3, 0.4) is 0 Å². The lowest BCUT2D eigenvalue weighted by atomic mass is 10.00. The highest BCUT2D eigenvalue weighted by atomic mass is 32.1. The van der Waals surface area contributed by atoms with E-state index in [1.54, 1.807) is 16.2 Å². The maximum Gasteiger partial charge on any atom is 0.254 e. The van der Waals surface area contributed by atoms with Crippen LogP contribution in [0.1, 0.15) is 65.0 Å². The quantitative estimate of drug-likeness (QED) is 0.336. The van der Waals surface area contributed by atoms with E-state index < -0.39 is 5.82 Å². The molecule has 2 amide bonds. The highest BCUT2D eigenvalue weighted by molar-refractivity contribution is 7.10. The average Bonchev–Trinajstić information content (AvgIpc) is 3.64. The summed E-state index contributed by atoms with van der Waals surface area (Å²) in [6, 6.07) is 15.4. The summed E-state index contributed by atoms with van der Waals surface area (Å²) < 4.78 is 25.5. The summed E-state index contributed by atoms with van der Waals surface area (Å²) in [5.41, 5.74) is 2.70. The summed E-state index contributed by atoms with van der Waals surface area (Å²) in [7, 11) is 0. The van der Waals surface area contributed by atoms with E-state index in [1.165, 1.54) is 34.7 Å². The fraction of sp³-hybridized carbons (Fsp3) is 0.419. The molecule has 8 heteroatoms. The minimum absolute atomic E-state index is 0.0743.